The molecular weight excluding hydrogens is 330 g/mol. The maximum absolute atomic E-state index is 11.9. The molecular formula is C13H20BrNO3S. The van der Waals surface area contributed by atoms with Crippen molar-refractivity contribution >= 4 is 26.0 Å². The fourth-order valence-electron chi connectivity index (χ4n) is 1.40. The lowest BCUT2D eigenvalue weighted by Crippen LogP contribution is -2.25. The Labute approximate surface area is 123 Å². The Bertz CT molecular complexity index is 471. The predicted octanol–water partition coefficient (Wildman–Crippen LogP) is 2.79. The summed E-state index contributed by atoms with van der Waals surface area (Å²) in [5, 5.41) is 0. The van der Waals surface area contributed by atoms with E-state index in [0.717, 1.165) is 4.47 Å². The van der Waals surface area contributed by atoms with Crippen LogP contribution in [-0.2, 0) is 14.8 Å². The van der Waals surface area contributed by atoms with Crippen LogP contribution < -0.4 is 4.72 Å². The number of hydrogen-bond donors (Lipinski definition) is 1. The molecule has 0 bridgehead atoms. The molecule has 0 radical (unpaired) electrons. The van der Waals surface area contributed by atoms with Crippen LogP contribution in [0.2, 0.25) is 0 Å². The second-order valence-corrected chi connectivity index (χ2v) is 7.36. The van der Waals surface area contributed by atoms with Crippen LogP contribution in [0.15, 0.2) is 33.6 Å². The monoisotopic (exact) mass is 349 g/mol. The minimum absolute atomic E-state index is 0.277. The third-order valence-electron chi connectivity index (χ3n) is 2.33. The van der Waals surface area contributed by atoms with Gasteiger partial charge in [-0.25, -0.2) is 13.1 Å². The number of ether oxygens (including phenoxy) is 1. The molecule has 0 aliphatic heterocycles. The first kappa shape index (κ1) is 16.6. The minimum atomic E-state index is -3.41. The van der Waals surface area contributed by atoms with Crippen LogP contribution in [0.1, 0.15) is 20.3 Å². The maximum Gasteiger partial charge on any atom is 0.240 e. The van der Waals surface area contributed by atoms with Gasteiger partial charge >= 0.3 is 0 Å². The van der Waals surface area contributed by atoms with Crippen molar-refractivity contribution in [1.82, 2.24) is 4.72 Å². The summed E-state index contributed by atoms with van der Waals surface area (Å²) in [5.41, 5.74) is 0. The molecule has 0 atom stereocenters. The highest BCUT2D eigenvalue weighted by molar-refractivity contribution is 9.10. The SMILES string of the molecule is CC(C)COCCCNS(=O)(=O)c1ccc(Br)cc1. The van der Waals surface area contributed by atoms with Crippen LogP contribution >= 0.6 is 15.9 Å². The van der Waals surface area contributed by atoms with Crippen molar-refractivity contribution in [1.29, 1.82) is 0 Å². The van der Waals surface area contributed by atoms with Gasteiger partial charge in [0.2, 0.25) is 10.0 Å². The molecule has 1 N–H and O–H groups in total. The standard InChI is InChI=1S/C13H20BrNO3S/c1-11(2)10-18-9-3-8-15-19(16,17)13-6-4-12(14)5-7-13/h4-7,11,15H,3,8-10H2,1-2H3. The van der Waals surface area contributed by atoms with E-state index in [2.05, 4.69) is 34.5 Å². The largest absolute Gasteiger partial charge is 0.381 e. The summed E-state index contributed by atoms with van der Waals surface area (Å²) < 4.78 is 32.6. The molecule has 0 saturated heterocycles. The van der Waals surface area contributed by atoms with E-state index < -0.39 is 10.0 Å². The number of sulfonamides is 1. The summed E-state index contributed by atoms with van der Waals surface area (Å²) in [6, 6.07) is 6.56. The minimum Gasteiger partial charge on any atom is -0.381 e. The Kier molecular flexibility index (Phi) is 6.99. The quantitative estimate of drug-likeness (QED) is 0.734. The van der Waals surface area contributed by atoms with Crippen molar-refractivity contribution in [2.45, 2.75) is 25.2 Å². The molecule has 1 rings (SSSR count). The van der Waals surface area contributed by atoms with Crippen LogP contribution in [-0.4, -0.2) is 28.2 Å². The highest BCUT2D eigenvalue weighted by atomic mass is 79.9. The Hall–Kier alpha value is -0.430. The van der Waals surface area contributed by atoms with Gasteiger partial charge in [0, 0.05) is 24.2 Å². The van der Waals surface area contributed by atoms with E-state index in [1.807, 2.05) is 0 Å². The Morgan fingerprint density at radius 2 is 1.89 bits per heavy atom. The van der Waals surface area contributed by atoms with Gasteiger partial charge in [0.05, 0.1) is 4.90 Å². The summed E-state index contributed by atoms with van der Waals surface area (Å²) in [4.78, 5) is 0.277. The summed E-state index contributed by atoms with van der Waals surface area (Å²) in [6.45, 7) is 5.82. The van der Waals surface area contributed by atoms with Crippen molar-refractivity contribution in [3.8, 4) is 0 Å². The number of benzene rings is 1. The highest BCUT2D eigenvalue weighted by Crippen LogP contribution is 2.14. The molecule has 19 heavy (non-hydrogen) atoms. The van der Waals surface area contributed by atoms with Crippen LogP contribution in [0.3, 0.4) is 0 Å². The molecule has 0 aromatic heterocycles. The van der Waals surface area contributed by atoms with Crippen molar-refractivity contribution in [2.75, 3.05) is 19.8 Å². The normalized spacial score (nSPS) is 12.0. The fraction of sp³-hybridized carbons (Fsp3) is 0.538. The number of halogens is 1. The van der Waals surface area contributed by atoms with Gasteiger partial charge in [0.15, 0.2) is 0 Å². The van der Waals surface area contributed by atoms with Gasteiger partial charge in [-0.05, 0) is 36.6 Å². The predicted molar refractivity (Wildman–Crippen MR) is 79.6 cm³/mol. The lowest BCUT2D eigenvalue weighted by molar-refractivity contribution is 0.108. The van der Waals surface area contributed by atoms with E-state index in [-0.39, 0.29) is 4.90 Å². The van der Waals surface area contributed by atoms with Gasteiger partial charge in [0.25, 0.3) is 0 Å². The van der Waals surface area contributed by atoms with Gasteiger partial charge in [-0.3, -0.25) is 0 Å². The summed E-state index contributed by atoms with van der Waals surface area (Å²) in [7, 11) is -3.41. The molecule has 6 heteroatoms. The zero-order chi connectivity index (χ0) is 14.3. The third kappa shape index (κ3) is 6.51. The first-order valence-electron chi connectivity index (χ1n) is 6.25. The molecule has 0 saturated carbocycles. The van der Waals surface area contributed by atoms with Gasteiger partial charge < -0.3 is 4.74 Å². The highest BCUT2D eigenvalue weighted by Gasteiger charge is 2.12. The lowest BCUT2D eigenvalue weighted by Gasteiger charge is -2.08. The third-order valence-corrected chi connectivity index (χ3v) is 4.34. The Morgan fingerprint density at radius 3 is 2.47 bits per heavy atom. The zero-order valence-corrected chi connectivity index (χ0v) is 13.6. The first-order valence-corrected chi connectivity index (χ1v) is 8.52. The van der Waals surface area contributed by atoms with E-state index >= 15 is 0 Å². The number of rotatable bonds is 8. The molecule has 0 amide bonds. The van der Waals surface area contributed by atoms with Crippen LogP contribution in [0.5, 0.6) is 0 Å². The van der Waals surface area contributed by atoms with Gasteiger partial charge in [-0.1, -0.05) is 29.8 Å². The smallest absolute Gasteiger partial charge is 0.240 e. The van der Waals surface area contributed by atoms with Crippen molar-refractivity contribution in [2.24, 2.45) is 5.92 Å². The zero-order valence-electron chi connectivity index (χ0n) is 11.2. The number of hydrogen-bond acceptors (Lipinski definition) is 3. The summed E-state index contributed by atoms with van der Waals surface area (Å²) in [6.07, 6.45) is 0.669. The molecule has 0 heterocycles. The van der Waals surface area contributed by atoms with Crippen LogP contribution in [0, 0.1) is 5.92 Å². The molecule has 4 nitrogen and oxygen atoms in total. The summed E-state index contributed by atoms with van der Waals surface area (Å²) in [5.74, 6) is 0.499. The van der Waals surface area contributed by atoms with Gasteiger partial charge in [-0.2, -0.15) is 0 Å². The van der Waals surface area contributed by atoms with E-state index in [1.165, 1.54) is 0 Å². The van der Waals surface area contributed by atoms with Gasteiger partial charge in [0.1, 0.15) is 0 Å². The van der Waals surface area contributed by atoms with E-state index in [0.29, 0.717) is 32.1 Å². The molecule has 0 aliphatic carbocycles. The Morgan fingerprint density at radius 1 is 1.26 bits per heavy atom. The molecule has 0 spiro atoms. The Balaban J connectivity index is 2.33. The van der Waals surface area contributed by atoms with E-state index in [1.54, 1.807) is 24.3 Å². The van der Waals surface area contributed by atoms with Crippen molar-refractivity contribution in [3.05, 3.63) is 28.7 Å². The number of nitrogens with one attached hydrogen (secondary N) is 1. The molecule has 1 aromatic rings. The molecule has 0 fully saturated rings. The molecule has 1 aromatic carbocycles. The molecule has 0 aliphatic rings. The molecule has 0 unspecified atom stereocenters. The average molecular weight is 350 g/mol. The lowest BCUT2D eigenvalue weighted by atomic mass is 10.2. The second kappa shape index (κ2) is 7.99. The van der Waals surface area contributed by atoms with Crippen LogP contribution in [0.4, 0.5) is 0 Å². The van der Waals surface area contributed by atoms with Crippen molar-refractivity contribution < 1.29 is 13.2 Å². The summed E-state index contributed by atoms with van der Waals surface area (Å²) >= 11 is 3.27. The van der Waals surface area contributed by atoms with E-state index in [9.17, 15) is 8.42 Å². The van der Waals surface area contributed by atoms with E-state index in [4.69, 9.17) is 4.74 Å². The fourth-order valence-corrected chi connectivity index (χ4v) is 2.74. The second-order valence-electron chi connectivity index (χ2n) is 4.67. The average Bonchev–Trinajstić information content (AvgIpc) is 2.34. The molecule has 108 valence electrons. The van der Waals surface area contributed by atoms with Crippen molar-refractivity contribution in [3.63, 3.8) is 0 Å². The first-order chi connectivity index (χ1) is 8.92. The maximum atomic E-state index is 11.9. The van der Waals surface area contributed by atoms with Crippen LogP contribution in [0.25, 0.3) is 0 Å². The van der Waals surface area contributed by atoms with Gasteiger partial charge in [-0.15, -0.1) is 0 Å². The topological polar surface area (TPSA) is 55.4 Å².